The summed E-state index contributed by atoms with van der Waals surface area (Å²) in [4.78, 5) is 29.2. The number of piperazine rings is 1. The van der Waals surface area contributed by atoms with E-state index in [4.69, 9.17) is 22.4 Å². The average molecular weight is 382 g/mol. The lowest BCUT2D eigenvalue weighted by Gasteiger charge is -2.33. The number of anilines is 1. The number of amides is 1. The molecule has 7 nitrogen and oxygen atoms in total. The minimum Gasteiger partial charge on any atom is -0.422 e. The van der Waals surface area contributed by atoms with Crippen LogP contribution in [-0.2, 0) is 0 Å². The topological polar surface area (TPSA) is 75.4 Å². The average Bonchev–Trinajstić information content (AvgIpc) is 3.10. The molecule has 0 spiro atoms. The number of pyridine rings is 2. The molecule has 0 saturated carbocycles. The number of aryl methyl sites for hydroxylation is 1. The van der Waals surface area contributed by atoms with Crippen molar-refractivity contribution in [2.24, 2.45) is 0 Å². The Hall–Kier alpha value is -3.11. The van der Waals surface area contributed by atoms with E-state index in [-0.39, 0.29) is 5.91 Å². The molecule has 136 valence electrons. The zero-order valence-corrected chi connectivity index (χ0v) is 15.4. The molecule has 1 aliphatic heterocycles. The van der Waals surface area contributed by atoms with Gasteiger partial charge < -0.3 is 14.2 Å². The molecule has 0 aliphatic carbocycles. The fraction of sp³-hybridized carbons (Fsp3) is 0.263. The molecular weight excluding hydrogens is 366 g/mol. The van der Waals surface area contributed by atoms with Crippen LogP contribution < -0.4 is 4.90 Å². The number of hydrogen-bond acceptors (Lipinski definition) is 6. The summed E-state index contributed by atoms with van der Waals surface area (Å²) in [5, 5.41) is 0.373. The lowest BCUT2D eigenvalue weighted by molar-refractivity contribution is 0.0744. The maximum absolute atomic E-state index is 12.7. The molecule has 0 bridgehead atoms. The number of nitrogens with zero attached hydrogens (tertiary/aromatic N) is 5. The van der Waals surface area contributed by atoms with E-state index < -0.39 is 0 Å². The van der Waals surface area contributed by atoms with Gasteiger partial charge in [-0.05, 0) is 36.6 Å². The molecule has 4 rings (SSSR count). The van der Waals surface area contributed by atoms with Crippen LogP contribution in [0.3, 0.4) is 0 Å². The lowest BCUT2D eigenvalue weighted by Crippen LogP contribution is -2.49. The maximum Gasteiger partial charge on any atom is 0.300 e. The van der Waals surface area contributed by atoms with Gasteiger partial charge in [0.1, 0.15) is 10.8 Å². The molecule has 0 N–H and O–H groups in total. The van der Waals surface area contributed by atoms with Crippen LogP contribution in [0.1, 0.15) is 21.6 Å². The van der Waals surface area contributed by atoms with Crippen molar-refractivity contribution in [2.45, 2.75) is 6.92 Å². The molecule has 1 aliphatic rings. The standard InChI is InChI=1S/C19H16ClN5O2/c1-3-14-12(2)10-13(11-21-14)18(26)24-6-8-25(9-7-24)19-23-17-15(27-19)4-5-16(20)22-17/h1,4-5,10-11H,6-9H2,2H3. The smallest absolute Gasteiger partial charge is 0.300 e. The number of halogens is 1. The van der Waals surface area contributed by atoms with Crippen molar-refractivity contribution in [3.63, 3.8) is 0 Å². The van der Waals surface area contributed by atoms with Crippen LogP contribution >= 0.6 is 11.6 Å². The van der Waals surface area contributed by atoms with Crippen molar-refractivity contribution in [1.82, 2.24) is 19.9 Å². The Morgan fingerprint density at radius 3 is 2.74 bits per heavy atom. The first-order chi connectivity index (χ1) is 13.0. The molecule has 0 atom stereocenters. The Labute approximate surface area is 161 Å². The van der Waals surface area contributed by atoms with Crippen molar-refractivity contribution < 1.29 is 9.21 Å². The van der Waals surface area contributed by atoms with Crippen molar-refractivity contribution in [3.05, 3.63) is 46.4 Å². The SMILES string of the molecule is C#Cc1ncc(C(=O)N2CCN(c3nc4nc(Cl)ccc4o3)CC2)cc1C. The van der Waals surface area contributed by atoms with Gasteiger partial charge in [-0.25, -0.2) is 9.97 Å². The van der Waals surface area contributed by atoms with Gasteiger partial charge in [-0.15, -0.1) is 6.42 Å². The molecule has 0 unspecified atom stereocenters. The minimum atomic E-state index is -0.0557. The fourth-order valence-electron chi connectivity index (χ4n) is 3.05. The number of hydrogen-bond donors (Lipinski definition) is 0. The molecule has 1 saturated heterocycles. The number of carbonyl (C=O) groups is 1. The van der Waals surface area contributed by atoms with Gasteiger partial charge in [-0.2, -0.15) is 4.98 Å². The molecule has 3 aromatic heterocycles. The van der Waals surface area contributed by atoms with E-state index in [1.165, 1.54) is 6.20 Å². The summed E-state index contributed by atoms with van der Waals surface area (Å²) in [6, 6.07) is 5.68. The normalized spacial score (nSPS) is 14.4. The number of terminal acetylenes is 1. The summed E-state index contributed by atoms with van der Waals surface area (Å²) < 4.78 is 5.75. The van der Waals surface area contributed by atoms with Crippen molar-refractivity contribution in [3.8, 4) is 12.3 Å². The summed E-state index contributed by atoms with van der Waals surface area (Å²) >= 11 is 5.89. The first-order valence-corrected chi connectivity index (χ1v) is 8.83. The van der Waals surface area contributed by atoms with E-state index in [1.54, 1.807) is 23.1 Å². The number of rotatable bonds is 2. The van der Waals surface area contributed by atoms with Gasteiger partial charge in [-0.3, -0.25) is 4.79 Å². The summed E-state index contributed by atoms with van der Waals surface area (Å²) in [6.07, 6.45) is 6.92. The Morgan fingerprint density at radius 2 is 2.04 bits per heavy atom. The van der Waals surface area contributed by atoms with E-state index in [0.717, 1.165) is 5.56 Å². The summed E-state index contributed by atoms with van der Waals surface area (Å²) in [5.74, 6) is 2.45. The van der Waals surface area contributed by atoms with Crippen molar-refractivity contribution in [2.75, 3.05) is 31.1 Å². The highest BCUT2D eigenvalue weighted by Gasteiger charge is 2.25. The number of fused-ring (bicyclic) bond motifs is 1. The largest absolute Gasteiger partial charge is 0.422 e. The zero-order valence-electron chi connectivity index (χ0n) is 14.6. The molecule has 0 radical (unpaired) electrons. The molecule has 8 heteroatoms. The predicted octanol–water partition coefficient (Wildman–Crippen LogP) is 2.52. The van der Waals surface area contributed by atoms with E-state index in [1.807, 2.05) is 11.8 Å². The van der Waals surface area contributed by atoms with Crippen LogP contribution in [-0.4, -0.2) is 51.9 Å². The van der Waals surface area contributed by atoms with Crippen LogP contribution in [0.2, 0.25) is 5.15 Å². The van der Waals surface area contributed by atoms with E-state index in [2.05, 4.69) is 20.9 Å². The highest BCUT2D eigenvalue weighted by atomic mass is 35.5. The quantitative estimate of drug-likeness (QED) is 0.501. The second kappa shape index (κ2) is 6.89. The van der Waals surface area contributed by atoms with Crippen LogP contribution in [0.4, 0.5) is 6.01 Å². The summed E-state index contributed by atoms with van der Waals surface area (Å²) in [5.41, 5.74) is 2.98. The third kappa shape index (κ3) is 3.32. The Balaban J connectivity index is 1.45. The van der Waals surface area contributed by atoms with Gasteiger partial charge in [0.15, 0.2) is 5.58 Å². The Kier molecular flexibility index (Phi) is 4.42. The number of carbonyl (C=O) groups excluding carboxylic acids is 1. The maximum atomic E-state index is 12.7. The molecule has 0 aromatic carbocycles. The molecule has 3 aromatic rings. The first kappa shape index (κ1) is 17.3. The lowest BCUT2D eigenvalue weighted by atomic mass is 10.1. The highest BCUT2D eigenvalue weighted by molar-refractivity contribution is 6.29. The monoisotopic (exact) mass is 381 g/mol. The summed E-state index contributed by atoms with van der Waals surface area (Å²) in [7, 11) is 0. The van der Waals surface area contributed by atoms with Crippen LogP contribution in [0.15, 0.2) is 28.8 Å². The second-order valence-electron chi connectivity index (χ2n) is 6.27. The van der Waals surface area contributed by atoms with Crippen LogP contribution in [0.5, 0.6) is 0 Å². The van der Waals surface area contributed by atoms with Gasteiger partial charge >= 0.3 is 0 Å². The molecule has 1 fully saturated rings. The van der Waals surface area contributed by atoms with Crippen molar-refractivity contribution >= 4 is 34.8 Å². The van der Waals surface area contributed by atoms with E-state index >= 15 is 0 Å². The van der Waals surface area contributed by atoms with Crippen LogP contribution in [0, 0.1) is 19.3 Å². The summed E-state index contributed by atoms with van der Waals surface area (Å²) in [6.45, 7) is 4.19. The Morgan fingerprint density at radius 1 is 1.26 bits per heavy atom. The Bertz CT molecular complexity index is 1060. The van der Waals surface area contributed by atoms with Gasteiger partial charge in [0, 0.05) is 32.4 Å². The van der Waals surface area contributed by atoms with Gasteiger partial charge in [0.05, 0.1) is 5.56 Å². The van der Waals surface area contributed by atoms with Gasteiger partial charge in [0.2, 0.25) is 5.65 Å². The molecular formula is C19H16ClN5O2. The number of oxazole rings is 1. The highest BCUT2D eigenvalue weighted by Crippen LogP contribution is 2.23. The third-order valence-corrected chi connectivity index (χ3v) is 4.72. The molecule has 1 amide bonds. The number of aromatic nitrogens is 3. The second-order valence-corrected chi connectivity index (χ2v) is 6.65. The van der Waals surface area contributed by atoms with E-state index in [9.17, 15) is 4.79 Å². The third-order valence-electron chi connectivity index (χ3n) is 4.51. The molecule has 4 heterocycles. The van der Waals surface area contributed by atoms with E-state index in [0.29, 0.717) is 59.8 Å². The van der Waals surface area contributed by atoms with Crippen molar-refractivity contribution in [1.29, 1.82) is 0 Å². The fourth-order valence-corrected chi connectivity index (χ4v) is 3.19. The predicted molar refractivity (Wildman–Crippen MR) is 102 cm³/mol. The van der Waals surface area contributed by atoms with Crippen LogP contribution in [0.25, 0.3) is 11.2 Å². The van der Waals surface area contributed by atoms with Gasteiger partial charge in [0.25, 0.3) is 11.9 Å². The minimum absolute atomic E-state index is 0.0557. The van der Waals surface area contributed by atoms with Gasteiger partial charge in [-0.1, -0.05) is 11.6 Å². The first-order valence-electron chi connectivity index (χ1n) is 8.46. The molecule has 27 heavy (non-hydrogen) atoms. The zero-order chi connectivity index (χ0) is 19.0.